The van der Waals surface area contributed by atoms with Gasteiger partial charge in [-0.05, 0) is 0 Å². The summed E-state index contributed by atoms with van der Waals surface area (Å²) in [5, 5.41) is 0. The number of rotatable bonds is 8. The fraction of sp³-hybridized carbons (Fsp3) is 0.667. The lowest BCUT2D eigenvalue weighted by molar-refractivity contribution is 0.0320. The van der Waals surface area contributed by atoms with Crippen LogP contribution in [-0.4, -0.2) is 76.6 Å². The van der Waals surface area contributed by atoms with E-state index in [0.717, 1.165) is 45.1 Å². The molecule has 1 fully saturated rings. The molecular weight excluding hydrogens is 284 g/mol. The van der Waals surface area contributed by atoms with E-state index in [-0.39, 0.29) is 0 Å². The van der Waals surface area contributed by atoms with E-state index in [1.54, 1.807) is 7.11 Å². The molecule has 2 N–H and O–H groups in total. The minimum atomic E-state index is 0.461. The fourth-order valence-electron chi connectivity index (χ4n) is 2.27. The Morgan fingerprint density at radius 2 is 2.09 bits per heavy atom. The zero-order valence-corrected chi connectivity index (χ0v) is 13.5. The predicted molar refractivity (Wildman–Crippen MR) is 86.5 cm³/mol. The van der Waals surface area contributed by atoms with E-state index in [9.17, 15) is 0 Å². The standard InChI is InChI=1S/C15H26N4O3/c1-18(3-7-20-2)13-11-14(16)17-15(12-13)22-10-6-19-4-8-21-9-5-19/h11-12H,3-10H2,1-2H3,(H2,16,17). The van der Waals surface area contributed by atoms with Gasteiger partial charge in [-0.3, -0.25) is 4.90 Å². The number of anilines is 2. The summed E-state index contributed by atoms with van der Waals surface area (Å²) in [5.74, 6) is 1.02. The number of hydrogen-bond donors (Lipinski definition) is 1. The van der Waals surface area contributed by atoms with Gasteiger partial charge in [0.05, 0.1) is 19.8 Å². The van der Waals surface area contributed by atoms with E-state index in [1.807, 2.05) is 19.2 Å². The average Bonchev–Trinajstić information content (AvgIpc) is 2.53. The fourth-order valence-corrected chi connectivity index (χ4v) is 2.27. The van der Waals surface area contributed by atoms with E-state index < -0.39 is 0 Å². The Bertz CT molecular complexity index is 452. The van der Waals surface area contributed by atoms with Crippen molar-refractivity contribution in [3.63, 3.8) is 0 Å². The number of pyridine rings is 1. The second-order valence-corrected chi connectivity index (χ2v) is 5.31. The molecule has 1 aromatic heterocycles. The monoisotopic (exact) mass is 310 g/mol. The second kappa shape index (κ2) is 8.77. The summed E-state index contributed by atoms with van der Waals surface area (Å²) in [6.07, 6.45) is 0. The molecule has 0 atom stereocenters. The van der Waals surface area contributed by atoms with Crippen LogP contribution >= 0.6 is 0 Å². The van der Waals surface area contributed by atoms with Crippen LogP contribution in [0.3, 0.4) is 0 Å². The van der Waals surface area contributed by atoms with Gasteiger partial charge in [0.1, 0.15) is 12.4 Å². The summed E-state index contributed by atoms with van der Waals surface area (Å²) in [6, 6.07) is 3.75. The van der Waals surface area contributed by atoms with E-state index >= 15 is 0 Å². The van der Waals surface area contributed by atoms with Gasteiger partial charge in [0.15, 0.2) is 0 Å². The Labute approximate surface area is 131 Å². The molecule has 124 valence electrons. The summed E-state index contributed by atoms with van der Waals surface area (Å²) < 4.78 is 16.2. The van der Waals surface area contributed by atoms with E-state index in [0.29, 0.717) is 24.9 Å². The van der Waals surface area contributed by atoms with Crippen molar-refractivity contribution < 1.29 is 14.2 Å². The van der Waals surface area contributed by atoms with Crippen molar-refractivity contribution >= 4 is 11.5 Å². The second-order valence-electron chi connectivity index (χ2n) is 5.31. The lowest BCUT2D eigenvalue weighted by atomic mass is 10.3. The summed E-state index contributed by atoms with van der Waals surface area (Å²) in [7, 11) is 3.68. The molecular formula is C15H26N4O3. The Balaban J connectivity index is 1.85. The molecule has 1 aliphatic heterocycles. The van der Waals surface area contributed by atoms with Gasteiger partial charge in [-0.2, -0.15) is 4.98 Å². The third kappa shape index (κ3) is 5.32. The summed E-state index contributed by atoms with van der Waals surface area (Å²) in [6.45, 7) is 6.42. The van der Waals surface area contributed by atoms with Crippen molar-refractivity contribution in [1.82, 2.24) is 9.88 Å². The number of methoxy groups -OCH3 is 1. The molecule has 1 aliphatic rings. The van der Waals surface area contributed by atoms with Crippen molar-refractivity contribution in [2.45, 2.75) is 0 Å². The minimum absolute atomic E-state index is 0.461. The van der Waals surface area contributed by atoms with Gasteiger partial charge < -0.3 is 24.8 Å². The number of morpholine rings is 1. The molecule has 1 aromatic rings. The third-order valence-corrected chi connectivity index (χ3v) is 3.64. The van der Waals surface area contributed by atoms with Crippen molar-refractivity contribution in [2.75, 3.05) is 77.4 Å². The summed E-state index contributed by atoms with van der Waals surface area (Å²) in [4.78, 5) is 8.62. The van der Waals surface area contributed by atoms with Crippen molar-refractivity contribution in [1.29, 1.82) is 0 Å². The Morgan fingerprint density at radius 1 is 1.32 bits per heavy atom. The topological polar surface area (TPSA) is 73.1 Å². The predicted octanol–water partition coefficient (Wildman–Crippen LogP) is 0.457. The summed E-state index contributed by atoms with van der Waals surface area (Å²) >= 11 is 0. The van der Waals surface area contributed by atoms with Gasteiger partial charge in [0.25, 0.3) is 0 Å². The Hall–Kier alpha value is -1.57. The maximum atomic E-state index is 5.86. The zero-order valence-electron chi connectivity index (χ0n) is 13.5. The number of hydrogen-bond acceptors (Lipinski definition) is 7. The highest BCUT2D eigenvalue weighted by Crippen LogP contribution is 2.21. The molecule has 0 bridgehead atoms. The molecule has 22 heavy (non-hydrogen) atoms. The van der Waals surface area contributed by atoms with Crippen LogP contribution in [0, 0.1) is 0 Å². The molecule has 0 radical (unpaired) electrons. The van der Waals surface area contributed by atoms with Gasteiger partial charge in [-0.25, -0.2) is 0 Å². The van der Waals surface area contributed by atoms with Gasteiger partial charge in [0, 0.05) is 58.2 Å². The number of nitrogens with two attached hydrogens (primary N) is 1. The van der Waals surface area contributed by atoms with Crippen LogP contribution in [0.15, 0.2) is 12.1 Å². The lowest BCUT2D eigenvalue weighted by Crippen LogP contribution is -2.38. The molecule has 2 rings (SSSR count). The average molecular weight is 310 g/mol. The molecule has 0 aliphatic carbocycles. The molecule has 1 saturated heterocycles. The highest BCUT2D eigenvalue weighted by atomic mass is 16.5. The molecule has 0 unspecified atom stereocenters. The normalized spacial score (nSPS) is 15.7. The molecule has 7 heteroatoms. The van der Waals surface area contributed by atoms with Gasteiger partial charge in [0.2, 0.25) is 5.88 Å². The number of ether oxygens (including phenoxy) is 3. The summed E-state index contributed by atoms with van der Waals surface area (Å²) in [5.41, 5.74) is 6.84. The Morgan fingerprint density at radius 3 is 2.82 bits per heavy atom. The SMILES string of the molecule is COCCN(C)c1cc(N)nc(OCCN2CCOCC2)c1. The number of likely N-dealkylation sites (N-methyl/N-ethyl adjacent to an activating group) is 1. The maximum Gasteiger partial charge on any atom is 0.217 e. The third-order valence-electron chi connectivity index (χ3n) is 3.64. The number of aromatic nitrogens is 1. The van der Waals surface area contributed by atoms with Crippen LogP contribution < -0.4 is 15.4 Å². The molecule has 0 aromatic carbocycles. The van der Waals surface area contributed by atoms with Crippen LogP contribution in [0.5, 0.6) is 5.88 Å². The maximum absolute atomic E-state index is 5.86. The molecule has 0 amide bonds. The first-order valence-electron chi connectivity index (χ1n) is 7.59. The smallest absolute Gasteiger partial charge is 0.217 e. The van der Waals surface area contributed by atoms with E-state index in [2.05, 4.69) is 14.8 Å². The first-order chi connectivity index (χ1) is 10.7. The molecule has 0 spiro atoms. The Kier molecular flexibility index (Phi) is 6.70. The highest BCUT2D eigenvalue weighted by molar-refractivity contribution is 5.54. The first kappa shape index (κ1) is 16.8. The van der Waals surface area contributed by atoms with Crippen molar-refractivity contribution in [2.24, 2.45) is 0 Å². The molecule has 7 nitrogen and oxygen atoms in total. The zero-order chi connectivity index (χ0) is 15.8. The van der Waals surface area contributed by atoms with Gasteiger partial charge in [-0.1, -0.05) is 0 Å². The number of nitrogens with zero attached hydrogens (tertiary/aromatic N) is 3. The lowest BCUT2D eigenvalue weighted by Gasteiger charge is -2.26. The quantitative estimate of drug-likeness (QED) is 0.747. The van der Waals surface area contributed by atoms with Gasteiger partial charge in [-0.15, -0.1) is 0 Å². The van der Waals surface area contributed by atoms with Crippen LogP contribution in [0.4, 0.5) is 11.5 Å². The molecule has 2 heterocycles. The van der Waals surface area contributed by atoms with Crippen LogP contribution in [0.1, 0.15) is 0 Å². The largest absolute Gasteiger partial charge is 0.476 e. The number of nitrogen functional groups attached to an aromatic ring is 1. The molecule has 0 saturated carbocycles. The minimum Gasteiger partial charge on any atom is -0.476 e. The van der Waals surface area contributed by atoms with Gasteiger partial charge >= 0.3 is 0 Å². The van der Waals surface area contributed by atoms with Crippen molar-refractivity contribution in [3.8, 4) is 5.88 Å². The van der Waals surface area contributed by atoms with E-state index in [1.165, 1.54) is 0 Å². The first-order valence-corrected chi connectivity index (χ1v) is 7.59. The highest BCUT2D eigenvalue weighted by Gasteiger charge is 2.11. The van der Waals surface area contributed by atoms with Crippen LogP contribution in [0.25, 0.3) is 0 Å². The van der Waals surface area contributed by atoms with Crippen LogP contribution in [-0.2, 0) is 9.47 Å². The van der Waals surface area contributed by atoms with Crippen molar-refractivity contribution in [3.05, 3.63) is 12.1 Å². The van der Waals surface area contributed by atoms with Crippen LogP contribution in [0.2, 0.25) is 0 Å². The van der Waals surface area contributed by atoms with E-state index in [4.69, 9.17) is 19.9 Å².